The van der Waals surface area contributed by atoms with Crippen LogP contribution in [0.3, 0.4) is 0 Å². The van der Waals surface area contributed by atoms with Crippen molar-refractivity contribution in [1.29, 1.82) is 5.26 Å². The van der Waals surface area contributed by atoms with Crippen LogP contribution in [-0.4, -0.2) is 26.5 Å². The van der Waals surface area contributed by atoms with Gasteiger partial charge in [-0.05, 0) is 38.5 Å². The van der Waals surface area contributed by atoms with E-state index in [0.29, 0.717) is 0 Å². The summed E-state index contributed by atoms with van der Waals surface area (Å²) in [7, 11) is -2.98. The Labute approximate surface area is 115 Å². The minimum atomic E-state index is -2.98. The summed E-state index contributed by atoms with van der Waals surface area (Å²) in [5.41, 5.74) is 1.28. The van der Waals surface area contributed by atoms with Crippen molar-refractivity contribution in [2.45, 2.75) is 32.2 Å². The van der Waals surface area contributed by atoms with E-state index in [4.69, 9.17) is 5.26 Å². The highest BCUT2D eigenvalue weighted by Gasteiger charge is 2.19. The Morgan fingerprint density at radius 1 is 1.32 bits per heavy atom. The Hall–Kier alpha value is -1.54. The number of rotatable bonds is 5. The van der Waals surface area contributed by atoms with Crippen LogP contribution in [0.15, 0.2) is 24.3 Å². The Bertz CT molecular complexity index is 568. The first-order chi connectivity index (χ1) is 8.64. The standard InChI is InChI=1S/C14H20N2O2S/c1-11(9-19(4,17)18)16-13-7-5-12(6-8-13)14(2,3)10-15/h5-8,11,16H,9H2,1-4H3. The van der Waals surface area contributed by atoms with Crippen molar-refractivity contribution >= 4 is 15.5 Å². The van der Waals surface area contributed by atoms with Gasteiger partial charge in [0, 0.05) is 18.0 Å². The fraction of sp³-hybridized carbons (Fsp3) is 0.500. The van der Waals surface area contributed by atoms with Gasteiger partial charge in [0.25, 0.3) is 0 Å². The Morgan fingerprint density at radius 2 is 1.84 bits per heavy atom. The summed E-state index contributed by atoms with van der Waals surface area (Å²) in [6, 6.07) is 9.61. The number of hydrogen-bond donors (Lipinski definition) is 1. The van der Waals surface area contributed by atoms with Gasteiger partial charge in [-0.25, -0.2) is 8.42 Å². The van der Waals surface area contributed by atoms with E-state index in [0.717, 1.165) is 11.3 Å². The molecule has 0 aromatic heterocycles. The predicted octanol–water partition coefficient (Wildman–Crippen LogP) is 2.33. The van der Waals surface area contributed by atoms with E-state index < -0.39 is 15.3 Å². The summed E-state index contributed by atoms with van der Waals surface area (Å²) in [5.74, 6) is 0.0957. The molecule has 5 heteroatoms. The van der Waals surface area contributed by atoms with Gasteiger partial charge in [0.15, 0.2) is 0 Å². The van der Waals surface area contributed by atoms with E-state index in [9.17, 15) is 8.42 Å². The van der Waals surface area contributed by atoms with Gasteiger partial charge >= 0.3 is 0 Å². The van der Waals surface area contributed by atoms with Gasteiger partial charge < -0.3 is 5.32 Å². The van der Waals surface area contributed by atoms with Crippen LogP contribution in [0.25, 0.3) is 0 Å². The molecule has 104 valence electrons. The zero-order valence-corrected chi connectivity index (χ0v) is 12.6. The van der Waals surface area contributed by atoms with Crippen LogP contribution in [-0.2, 0) is 15.3 Å². The number of nitriles is 1. The molecule has 0 spiro atoms. The summed E-state index contributed by atoms with van der Waals surface area (Å²) in [5, 5.41) is 12.2. The van der Waals surface area contributed by atoms with E-state index in [1.54, 1.807) is 0 Å². The van der Waals surface area contributed by atoms with Gasteiger partial charge in [0.2, 0.25) is 0 Å². The minimum Gasteiger partial charge on any atom is -0.382 e. The molecule has 0 aliphatic heterocycles. The first-order valence-electron chi connectivity index (χ1n) is 6.10. The first-order valence-corrected chi connectivity index (χ1v) is 8.16. The van der Waals surface area contributed by atoms with Crippen LogP contribution in [0.2, 0.25) is 0 Å². The van der Waals surface area contributed by atoms with Crippen LogP contribution < -0.4 is 5.32 Å². The molecule has 0 radical (unpaired) electrons. The van der Waals surface area contributed by atoms with E-state index in [-0.39, 0.29) is 11.8 Å². The number of anilines is 1. The third-order valence-corrected chi connectivity index (χ3v) is 3.96. The highest BCUT2D eigenvalue weighted by molar-refractivity contribution is 7.90. The molecule has 0 amide bonds. The normalized spacial score (nSPS) is 13.6. The van der Waals surface area contributed by atoms with Gasteiger partial charge in [0.05, 0.1) is 17.2 Å². The predicted molar refractivity (Wildman–Crippen MR) is 77.9 cm³/mol. The van der Waals surface area contributed by atoms with E-state index in [2.05, 4.69) is 11.4 Å². The third-order valence-electron chi connectivity index (χ3n) is 2.85. The summed E-state index contributed by atoms with van der Waals surface area (Å²) in [6.07, 6.45) is 1.23. The van der Waals surface area contributed by atoms with Crippen LogP contribution in [0.5, 0.6) is 0 Å². The molecule has 1 aromatic carbocycles. The maximum Gasteiger partial charge on any atom is 0.149 e. The fourth-order valence-electron chi connectivity index (χ4n) is 1.83. The van der Waals surface area contributed by atoms with E-state index >= 15 is 0 Å². The monoisotopic (exact) mass is 280 g/mol. The molecule has 1 N–H and O–H groups in total. The average molecular weight is 280 g/mol. The van der Waals surface area contributed by atoms with Crippen LogP contribution in [0, 0.1) is 11.3 Å². The molecule has 1 unspecified atom stereocenters. The van der Waals surface area contributed by atoms with Gasteiger partial charge in [-0.1, -0.05) is 12.1 Å². The van der Waals surface area contributed by atoms with Crippen LogP contribution in [0.4, 0.5) is 5.69 Å². The largest absolute Gasteiger partial charge is 0.382 e. The van der Waals surface area contributed by atoms with Crippen molar-refractivity contribution in [3.63, 3.8) is 0 Å². The highest BCUT2D eigenvalue weighted by Crippen LogP contribution is 2.23. The lowest BCUT2D eigenvalue weighted by atomic mass is 9.86. The molecule has 1 rings (SSSR count). The second-order valence-corrected chi connectivity index (χ2v) is 7.64. The van der Waals surface area contributed by atoms with Crippen molar-refractivity contribution in [1.82, 2.24) is 0 Å². The Morgan fingerprint density at radius 3 is 2.26 bits per heavy atom. The van der Waals surface area contributed by atoms with Crippen molar-refractivity contribution in [3.8, 4) is 6.07 Å². The fourth-order valence-corrected chi connectivity index (χ4v) is 2.82. The summed E-state index contributed by atoms with van der Waals surface area (Å²) in [4.78, 5) is 0. The quantitative estimate of drug-likeness (QED) is 0.898. The molecule has 0 aliphatic carbocycles. The molecular formula is C14H20N2O2S. The average Bonchev–Trinajstić information content (AvgIpc) is 2.27. The Balaban J connectivity index is 2.76. The van der Waals surface area contributed by atoms with Gasteiger partial charge in [-0.2, -0.15) is 5.26 Å². The lowest BCUT2D eigenvalue weighted by molar-refractivity contribution is 0.598. The topological polar surface area (TPSA) is 70.0 Å². The lowest BCUT2D eigenvalue weighted by Gasteiger charge is -2.18. The maximum absolute atomic E-state index is 11.2. The highest BCUT2D eigenvalue weighted by atomic mass is 32.2. The zero-order valence-electron chi connectivity index (χ0n) is 11.8. The smallest absolute Gasteiger partial charge is 0.149 e. The number of benzene rings is 1. The van der Waals surface area contributed by atoms with Crippen molar-refractivity contribution in [2.75, 3.05) is 17.3 Å². The van der Waals surface area contributed by atoms with Gasteiger partial charge in [0.1, 0.15) is 9.84 Å². The molecule has 0 saturated carbocycles. The number of nitrogens with one attached hydrogen (secondary N) is 1. The summed E-state index contributed by atoms with van der Waals surface area (Å²) < 4.78 is 22.4. The molecule has 4 nitrogen and oxygen atoms in total. The second-order valence-electron chi connectivity index (χ2n) is 5.45. The molecule has 19 heavy (non-hydrogen) atoms. The number of hydrogen-bond acceptors (Lipinski definition) is 4. The summed E-state index contributed by atoms with van der Waals surface area (Å²) in [6.45, 7) is 5.55. The molecule has 0 aliphatic rings. The SMILES string of the molecule is CC(CS(C)(=O)=O)Nc1ccc(C(C)(C)C#N)cc1. The van der Waals surface area contributed by atoms with Crippen LogP contribution in [0.1, 0.15) is 26.3 Å². The maximum atomic E-state index is 11.2. The molecule has 0 bridgehead atoms. The zero-order chi connectivity index (χ0) is 14.7. The number of nitrogens with zero attached hydrogens (tertiary/aromatic N) is 1. The molecule has 1 atom stereocenters. The van der Waals surface area contributed by atoms with Gasteiger partial charge in [-0.15, -0.1) is 0 Å². The van der Waals surface area contributed by atoms with Crippen LogP contribution >= 0.6 is 0 Å². The molecule has 0 heterocycles. The molecule has 0 fully saturated rings. The van der Waals surface area contributed by atoms with Crippen molar-refractivity contribution in [2.24, 2.45) is 0 Å². The van der Waals surface area contributed by atoms with Crippen molar-refractivity contribution in [3.05, 3.63) is 29.8 Å². The molecular weight excluding hydrogens is 260 g/mol. The lowest BCUT2D eigenvalue weighted by Crippen LogP contribution is -2.25. The van der Waals surface area contributed by atoms with E-state index in [1.165, 1.54) is 6.26 Å². The first kappa shape index (κ1) is 15.5. The second kappa shape index (κ2) is 5.62. The third kappa shape index (κ3) is 4.92. The molecule has 0 saturated heterocycles. The minimum absolute atomic E-state index is 0.0957. The molecule has 1 aromatic rings. The van der Waals surface area contributed by atoms with Crippen molar-refractivity contribution < 1.29 is 8.42 Å². The van der Waals surface area contributed by atoms with Gasteiger partial charge in [-0.3, -0.25) is 0 Å². The summed E-state index contributed by atoms with van der Waals surface area (Å²) >= 11 is 0. The number of sulfone groups is 1. The Kier molecular flexibility index (Phi) is 4.59. The van der Waals surface area contributed by atoms with E-state index in [1.807, 2.05) is 45.0 Å².